The van der Waals surface area contributed by atoms with E-state index >= 15 is 0 Å². The Balaban J connectivity index is 1.56. The van der Waals surface area contributed by atoms with E-state index in [-0.39, 0.29) is 23.6 Å². The number of hydrogen-bond acceptors (Lipinski definition) is 7. The molecule has 0 spiro atoms. The van der Waals surface area contributed by atoms with Crippen LogP contribution in [0.25, 0.3) is 0 Å². The third kappa shape index (κ3) is 3.91. The summed E-state index contributed by atoms with van der Waals surface area (Å²) >= 11 is 0. The highest BCUT2D eigenvalue weighted by Gasteiger charge is 2.54. The Morgan fingerprint density at radius 3 is 2.72 bits per heavy atom. The van der Waals surface area contributed by atoms with Gasteiger partial charge in [-0.25, -0.2) is 4.79 Å². The lowest BCUT2D eigenvalue weighted by molar-refractivity contribution is -0.175. The van der Waals surface area contributed by atoms with Gasteiger partial charge in [-0.2, -0.15) is 0 Å². The third-order valence-electron chi connectivity index (χ3n) is 5.09. The SMILES string of the molecule is C=C(C)C(=O)OCC(=O)CC(=O)OC12CC3CC(C1)OC(=O)C(C3)C2. The molecular weight excluding hydrogens is 328 g/mol. The molecule has 0 aromatic carbocycles. The van der Waals surface area contributed by atoms with E-state index < -0.39 is 36.4 Å². The predicted molar refractivity (Wildman–Crippen MR) is 84.2 cm³/mol. The van der Waals surface area contributed by atoms with Crippen LogP contribution in [0.1, 0.15) is 45.4 Å². The molecule has 4 bridgehead atoms. The van der Waals surface area contributed by atoms with Crippen LogP contribution in [0.5, 0.6) is 0 Å². The first-order valence-electron chi connectivity index (χ1n) is 8.53. The van der Waals surface area contributed by atoms with Crippen molar-refractivity contribution < 1.29 is 33.4 Å². The number of carbonyl (C=O) groups excluding carboxylic acids is 4. The Kier molecular flexibility index (Phi) is 4.67. The summed E-state index contributed by atoms with van der Waals surface area (Å²) in [5.41, 5.74) is -0.529. The maximum atomic E-state index is 12.2. The van der Waals surface area contributed by atoms with Gasteiger partial charge < -0.3 is 14.2 Å². The molecular formula is C18H22O7. The van der Waals surface area contributed by atoms with Gasteiger partial charge in [-0.05, 0) is 32.1 Å². The maximum Gasteiger partial charge on any atom is 0.333 e. The monoisotopic (exact) mass is 350 g/mol. The zero-order valence-corrected chi connectivity index (χ0v) is 14.2. The van der Waals surface area contributed by atoms with Gasteiger partial charge in [0.15, 0.2) is 12.4 Å². The highest BCUT2D eigenvalue weighted by atomic mass is 16.6. The molecule has 2 saturated heterocycles. The van der Waals surface area contributed by atoms with E-state index in [1.54, 1.807) is 0 Å². The summed E-state index contributed by atoms with van der Waals surface area (Å²) in [7, 11) is 0. The number of esters is 3. The van der Waals surface area contributed by atoms with E-state index in [9.17, 15) is 19.2 Å². The molecule has 4 fully saturated rings. The first kappa shape index (κ1) is 17.6. The van der Waals surface area contributed by atoms with Crippen molar-refractivity contribution in [3.63, 3.8) is 0 Å². The highest BCUT2D eigenvalue weighted by molar-refractivity contribution is 5.98. The molecule has 4 aliphatic rings. The molecule has 136 valence electrons. The van der Waals surface area contributed by atoms with Crippen LogP contribution in [-0.4, -0.2) is 42.0 Å². The van der Waals surface area contributed by atoms with E-state index in [2.05, 4.69) is 6.58 Å². The smallest absolute Gasteiger partial charge is 0.333 e. The van der Waals surface area contributed by atoms with Gasteiger partial charge in [0.25, 0.3) is 0 Å². The lowest BCUT2D eigenvalue weighted by Gasteiger charge is -2.45. The number of ketones is 1. The number of carbonyl (C=O) groups is 4. The van der Waals surface area contributed by atoms with E-state index in [4.69, 9.17) is 14.2 Å². The number of hydrogen-bond donors (Lipinski definition) is 0. The summed E-state index contributed by atoms with van der Waals surface area (Å²) in [6, 6.07) is 0. The minimum atomic E-state index is -0.714. The predicted octanol–water partition coefficient (Wildman–Crippen LogP) is 1.48. The van der Waals surface area contributed by atoms with Crippen LogP contribution in [0, 0.1) is 11.8 Å². The van der Waals surface area contributed by atoms with E-state index in [1.165, 1.54) is 6.92 Å². The molecule has 2 aliphatic carbocycles. The first-order chi connectivity index (χ1) is 11.8. The molecule has 4 atom stereocenters. The highest BCUT2D eigenvalue weighted by Crippen LogP contribution is 2.51. The second-order valence-electron chi connectivity index (χ2n) is 7.43. The van der Waals surface area contributed by atoms with Gasteiger partial charge in [-0.1, -0.05) is 6.58 Å². The fourth-order valence-corrected chi connectivity index (χ4v) is 4.26. The topological polar surface area (TPSA) is 96.0 Å². The maximum absolute atomic E-state index is 12.2. The molecule has 7 heteroatoms. The van der Waals surface area contributed by atoms with E-state index in [1.807, 2.05) is 0 Å². The molecule has 2 saturated carbocycles. The Morgan fingerprint density at radius 2 is 2.00 bits per heavy atom. The zero-order valence-electron chi connectivity index (χ0n) is 14.2. The van der Waals surface area contributed by atoms with Crippen LogP contribution < -0.4 is 0 Å². The molecule has 2 heterocycles. The molecule has 0 aromatic heterocycles. The number of rotatable bonds is 6. The van der Waals surface area contributed by atoms with Crippen molar-refractivity contribution in [1.29, 1.82) is 0 Å². The lowest BCUT2D eigenvalue weighted by atomic mass is 9.65. The molecule has 25 heavy (non-hydrogen) atoms. The summed E-state index contributed by atoms with van der Waals surface area (Å²) in [4.78, 5) is 47.2. The van der Waals surface area contributed by atoms with E-state index in [0.29, 0.717) is 25.2 Å². The molecule has 7 nitrogen and oxygen atoms in total. The van der Waals surface area contributed by atoms with Gasteiger partial charge in [0.1, 0.15) is 18.1 Å². The third-order valence-corrected chi connectivity index (χ3v) is 5.09. The quantitative estimate of drug-likeness (QED) is 0.310. The molecule has 0 N–H and O–H groups in total. The minimum absolute atomic E-state index is 0.185. The van der Waals surface area contributed by atoms with Crippen LogP contribution in [0.15, 0.2) is 12.2 Å². The number of ether oxygens (including phenoxy) is 3. The summed E-state index contributed by atoms with van der Waals surface area (Å²) in [5, 5.41) is 0. The molecule has 0 amide bonds. The van der Waals surface area contributed by atoms with Crippen molar-refractivity contribution in [3.8, 4) is 0 Å². The zero-order chi connectivity index (χ0) is 18.2. The summed E-state index contributed by atoms with van der Waals surface area (Å²) in [5.74, 6) is -1.97. The summed E-state index contributed by atoms with van der Waals surface area (Å²) in [6.07, 6.45) is 2.60. The van der Waals surface area contributed by atoms with Crippen LogP contribution in [0.2, 0.25) is 0 Å². The standard InChI is InChI=1S/C18H22O7/c1-10(2)16(21)23-9-13(19)5-15(20)25-18-6-11-3-12(7-18)17(22)24-14(4-11)8-18/h11-12,14H,1,3-9H2,2H3. The number of Topliss-reactive ketones (excluding diaryl/α,β-unsaturated/α-hetero) is 1. The van der Waals surface area contributed by atoms with Gasteiger partial charge in [0.05, 0.1) is 5.92 Å². The Bertz CT molecular complexity index is 637. The normalized spacial score (nSPS) is 32.5. The second-order valence-corrected chi connectivity index (χ2v) is 7.43. The van der Waals surface area contributed by atoms with Crippen LogP contribution in [-0.2, 0) is 33.4 Å². The lowest BCUT2D eigenvalue weighted by Crippen LogP contribution is -2.48. The van der Waals surface area contributed by atoms with Crippen LogP contribution >= 0.6 is 0 Å². The average Bonchev–Trinajstić information content (AvgIpc) is 2.65. The van der Waals surface area contributed by atoms with Crippen molar-refractivity contribution in [1.82, 2.24) is 0 Å². The number of fused-ring (bicyclic) bond motifs is 1. The van der Waals surface area contributed by atoms with Gasteiger partial charge in [-0.3, -0.25) is 14.4 Å². The molecule has 0 radical (unpaired) electrons. The van der Waals surface area contributed by atoms with Gasteiger partial charge in [0.2, 0.25) is 0 Å². The molecule has 2 aliphatic heterocycles. The fraction of sp³-hybridized carbons (Fsp3) is 0.667. The first-order valence-corrected chi connectivity index (χ1v) is 8.53. The van der Waals surface area contributed by atoms with Crippen molar-refractivity contribution in [3.05, 3.63) is 12.2 Å². The minimum Gasteiger partial charge on any atom is -0.462 e. The molecule has 0 aromatic rings. The van der Waals surface area contributed by atoms with Crippen LogP contribution in [0.4, 0.5) is 0 Å². The fourth-order valence-electron chi connectivity index (χ4n) is 4.26. The van der Waals surface area contributed by atoms with E-state index in [0.717, 1.165) is 12.8 Å². The Labute approximate surface area is 145 Å². The summed E-state index contributed by atoms with van der Waals surface area (Å²) in [6.45, 7) is 4.40. The second kappa shape index (κ2) is 6.61. The van der Waals surface area contributed by atoms with Gasteiger partial charge >= 0.3 is 17.9 Å². The van der Waals surface area contributed by atoms with Crippen molar-refractivity contribution in [2.24, 2.45) is 11.8 Å². The molecule has 4 unspecified atom stereocenters. The Hall–Kier alpha value is -2.18. The van der Waals surface area contributed by atoms with Crippen molar-refractivity contribution in [2.45, 2.75) is 57.2 Å². The molecule has 4 rings (SSSR count). The van der Waals surface area contributed by atoms with Crippen LogP contribution in [0.3, 0.4) is 0 Å². The average molecular weight is 350 g/mol. The largest absolute Gasteiger partial charge is 0.462 e. The van der Waals surface area contributed by atoms with Gasteiger partial charge in [-0.15, -0.1) is 0 Å². The van der Waals surface area contributed by atoms with Crippen molar-refractivity contribution in [2.75, 3.05) is 6.61 Å². The van der Waals surface area contributed by atoms with Gasteiger partial charge in [0, 0.05) is 18.4 Å². The Morgan fingerprint density at radius 1 is 1.24 bits per heavy atom. The van der Waals surface area contributed by atoms with Crippen molar-refractivity contribution >= 4 is 23.7 Å². The summed E-state index contributed by atoms with van der Waals surface area (Å²) < 4.78 is 15.8.